The first kappa shape index (κ1) is 23.4. The summed E-state index contributed by atoms with van der Waals surface area (Å²) < 4.78 is 6.91. The number of likely N-dealkylation sites (tertiary alicyclic amines) is 1. The molecule has 184 valence electrons. The van der Waals surface area contributed by atoms with Crippen molar-refractivity contribution in [2.24, 2.45) is 5.41 Å². The Morgan fingerprint density at radius 2 is 1.91 bits per heavy atom. The summed E-state index contributed by atoms with van der Waals surface area (Å²) in [6.07, 6.45) is 7.24. The highest BCUT2D eigenvalue weighted by Gasteiger charge is 2.55. The zero-order valence-electron chi connectivity index (χ0n) is 20.1. The van der Waals surface area contributed by atoms with Gasteiger partial charge >= 0.3 is 6.03 Å². The van der Waals surface area contributed by atoms with E-state index in [0.29, 0.717) is 31.7 Å². The first-order valence-corrected chi connectivity index (χ1v) is 12.3. The van der Waals surface area contributed by atoms with Gasteiger partial charge in [0.05, 0.1) is 37.0 Å². The van der Waals surface area contributed by atoms with Crippen LogP contribution >= 0.6 is 0 Å². The number of nitrogens with zero attached hydrogens (tertiary/aromatic N) is 4. The minimum Gasteiger partial charge on any atom is -0.467 e. The van der Waals surface area contributed by atoms with Gasteiger partial charge in [-0.3, -0.25) is 9.36 Å². The van der Waals surface area contributed by atoms with Crippen LogP contribution in [-0.4, -0.2) is 56.2 Å². The molecule has 5 rings (SSSR count). The van der Waals surface area contributed by atoms with E-state index in [-0.39, 0.29) is 18.1 Å². The average molecular weight is 477 g/mol. The summed E-state index contributed by atoms with van der Waals surface area (Å²) in [5, 5.41) is 12.0. The van der Waals surface area contributed by atoms with Crippen LogP contribution in [0.1, 0.15) is 37.9 Å². The van der Waals surface area contributed by atoms with Gasteiger partial charge in [-0.1, -0.05) is 43.2 Å². The molecule has 0 radical (unpaired) electrons. The molecule has 2 fully saturated rings. The molecule has 1 aromatic carbocycles. The maximum atomic E-state index is 13.2. The Balaban J connectivity index is 1.34. The number of carbonyl (C=O) groups excluding carboxylic acids is 1. The molecule has 1 saturated heterocycles. The first-order chi connectivity index (χ1) is 16.9. The zero-order valence-corrected chi connectivity index (χ0v) is 20.1. The highest BCUT2D eigenvalue weighted by Crippen LogP contribution is 2.51. The lowest BCUT2D eigenvalue weighted by molar-refractivity contribution is -0.136. The van der Waals surface area contributed by atoms with Crippen LogP contribution in [0.2, 0.25) is 0 Å². The van der Waals surface area contributed by atoms with Gasteiger partial charge in [0, 0.05) is 37.2 Å². The molecule has 1 unspecified atom stereocenters. The topological polar surface area (TPSA) is 91.8 Å². The maximum absolute atomic E-state index is 13.2. The molecule has 8 heteroatoms. The van der Waals surface area contributed by atoms with E-state index in [1.807, 2.05) is 47.4 Å². The van der Waals surface area contributed by atoms with Crippen LogP contribution in [0, 0.1) is 5.41 Å². The van der Waals surface area contributed by atoms with E-state index in [4.69, 9.17) is 4.42 Å². The van der Waals surface area contributed by atoms with Crippen LogP contribution < -0.4 is 5.56 Å². The molecule has 1 saturated carbocycles. The molecule has 35 heavy (non-hydrogen) atoms. The van der Waals surface area contributed by atoms with E-state index in [0.717, 1.165) is 37.0 Å². The van der Waals surface area contributed by atoms with Crippen molar-refractivity contribution in [2.75, 3.05) is 20.1 Å². The molecule has 1 atom stereocenters. The summed E-state index contributed by atoms with van der Waals surface area (Å²) in [5.41, 5.74) is -0.205. The van der Waals surface area contributed by atoms with Gasteiger partial charge in [-0.05, 0) is 31.4 Å². The van der Waals surface area contributed by atoms with Crippen molar-refractivity contribution in [1.29, 1.82) is 0 Å². The predicted octanol–water partition coefficient (Wildman–Crippen LogP) is 3.75. The van der Waals surface area contributed by atoms with Gasteiger partial charge in [0.25, 0.3) is 5.56 Å². The molecule has 3 heterocycles. The summed E-state index contributed by atoms with van der Waals surface area (Å²) in [5.74, 6) is 0.732. The minimum absolute atomic E-state index is 0.0687. The molecule has 1 aliphatic heterocycles. The number of amides is 2. The average Bonchev–Trinajstić information content (AvgIpc) is 3.56. The second-order valence-electron chi connectivity index (χ2n) is 10.0. The fourth-order valence-corrected chi connectivity index (χ4v) is 5.80. The molecule has 8 nitrogen and oxygen atoms in total. The fourth-order valence-electron chi connectivity index (χ4n) is 5.80. The van der Waals surface area contributed by atoms with Crippen LogP contribution in [0.25, 0.3) is 11.3 Å². The lowest BCUT2D eigenvalue weighted by atomic mass is 9.66. The quantitative estimate of drug-likeness (QED) is 0.606. The molecular weight excluding hydrogens is 444 g/mol. The van der Waals surface area contributed by atoms with E-state index in [1.165, 1.54) is 10.6 Å². The molecule has 2 aromatic heterocycles. The van der Waals surface area contributed by atoms with Crippen LogP contribution in [0.5, 0.6) is 0 Å². The number of rotatable bonds is 5. The van der Waals surface area contributed by atoms with Crippen molar-refractivity contribution in [1.82, 2.24) is 19.4 Å². The number of aliphatic hydroxyl groups is 1. The van der Waals surface area contributed by atoms with E-state index >= 15 is 0 Å². The van der Waals surface area contributed by atoms with Gasteiger partial charge in [-0.15, -0.1) is 0 Å². The van der Waals surface area contributed by atoms with E-state index in [9.17, 15) is 14.7 Å². The number of aromatic nitrogens is 2. The Kier molecular flexibility index (Phi) is 6.23. The third-order valence-corrected chi connectivity index (χ3v) is 7.79. The predicted molar refractivity (Wildman–Crippen MR) is 132 cm³/mol. The van der Waals surface area contributed by atoms with Gasteiger partial charge in [0.1, 0.15) is 5.76 Å². The number of urea groups is 1. The van der Waals surface area contributed by atoms with Crippen molar-refractivity contribution in [3.63, 3.8) is 0 Å². The fraction of sp³-hybridized carbons (Fsp3) is 0.444. The highest BCUT2D eigenvalue weighted by molar-refractivity contribution is 5.74. The van der Waals surface area contributed by atoms with Crippen molar-refractivity contribution < 1.29 is 14.3 Å². The summed E-state index contributed by atoms with van der Waals surface area (Å²) >= 11 is 0. The van der Waals surface area contributed by atoms with Gasteiger partial charge in [-0.2, -0.15) is 0 Å². The molecule has 2 aliphatic rings. The van der Waals surface area contributed by atoms with Crippen molar-refractivity contribution >= 4 is 6.03 Å². The van der Waals surface area contributed by atoms with Crippen LogP contribution in [0.15, 0.2) is 70.3 Å². The summed E-state index contributed by atoms with van der Waals surface area (Å²) in [6.45, 7) is 1.49. The standard InChI is InChI=1S/C27H32N4O4/c1-29(17-22-10-7-15-35-22)25(33)30-14-13-27(34,26(18-30)11-5-6-12-26)19-31-20-28-23(16-24(31)32)21-8-3-2-4-9-21/h2-4,7-10,15-16,20,34H,5-6,11-14,17-19H2,1H3. The number of hydrogen-bond acceptors (Lipinski definition) is 5. The molecule has 0 bridgehead atoms. The van der Waals surface area contributed by atoms with Crippen molar-refractivity contribution in [3.8, 4) is 11.3 Å². The summed E-state index contributed by atoms with van der Waals surface area (Å²) in [4.78, 5) is 34.2. The number of furan rings is 1. The maximum Gasteiger partial charge on any atom is 0.320 e. The second kappa shape index (κ2) is 9.34. The Morgan fingerprint density at radius 1 is 1.14 bits per heavy atom. The lowest BCUT2D eigenvalue weighted by Crippen LogP contribution is -2.63. The van der Waals surface area contributed by atoms with Gasteiger partial charge in [-0.25, -0.2) is 9.78 Å². The molecule has 2 amide bonds. The smallest absolute Gasteiger partial charge is 0.320 e. The Hall–Kier alpha value is -3.39. The van der Waals surface area contributed by atoms with Gasteiger partial charge in [0.2, 0.25) is 0 Å². The van der Waals surface area contributed by atoms with Crippen LogP contribution in [-0.2, 0) is 13.1 Å². The third-order valence-electron chi connectivity index (χ3n) is 7.79. The highest BCUT2D eigenvalue weighted by atomic mass is 16.3. The Morgan fingerprint density at radius 3 is 2.60 bits per heavy atom. The SMILES string of the molecule is CN(Cc1ccco1)C(=O)N1CCC(O)(Cn2cnc(-c3ccccc3)cc2=O)C2(CCCC2)C1. The number of carbonyl (C=O) groups is 1. The monoisotopic (exact) mass is 476 g/mol. The van der Waals surface area contributed by atoms with E-state index < -0.39 is 11.0 Å². The normalized spacial score (nSPS) is 21.4. The first-order valence-electron chi connectivity index (χ1n) is 12.3. The minimum atomic E-state index is -1.08. The van der Waals surface area contributed by atoms with E-state index in [1.54, 1.807) is 24.5 Å². The van der Waals surface area contributed by atoms with Gasteiger partial charge in [0.15, 0.2) is 0 Å². The molecule has 1 N–H and O–H groups in total. The number of hydrogen-bond donors (Lipinski definition) is 1. The van der Waals surface area contributed by atoms with Crippen LogP contribution in [0.3, 0.4) is 0 Å². The van der Waals surface area contributed by atoms with Crippen LogP contribution in [0.4, 0.5) is 4.79 Å². The molecule has 1 aliphatic carbocycles. The van der Waals surface area contributed by atoms with Gasteiger partial charge < -0.3 is 19.3 Å². The number of benzene rings is 1. The Labute approximate surface area is 204 Å². The third kappa shape index (κ3) is 4.50. The van der Waals surface area contributed by atoms with Crippen molar-refractivity contribution in [2.45, 2.75) is 50.8 Å². The van der Waals surface area contributed by atoms with Crippen molar-refractivity contribution in [3.05, 3.63) is 77.2 Å². The summed E-state index contributed by atoms with van der Waals surface area (Å²) in [6, 6.07) is 14.7. The largest absolute Gasteiger partial charge is 0.467 e. The number of piperidine rings is 1. The van der Waals surface area contributed by atoms with E-state index in [2.05, 4.69) is 4.98 Å². The molecular formula is C27H32N4O4. The molecule has 3 aromatic rings. The summed E-state index contributed by atoms with van der Waals surface area (Å²) in [7, 11) is 1.77. The second-order valence-corrected chi connectivity index (χ2v) is 10.0. The lowest BCUT2D eigenvalue weighted by Gasteiger charge is -2.52. The molecule has 1 spiro atoms. The zero-order chi connectivity index (χ0) is 24.5. The Bertz CT molecular complexity index is 1220.